The first-order chi connectivity index (χ1) is 8.97. The first kappa shape index (κ1) is 14.3. The Hall–Kier alpha value is -1.14. The quantitative estimate of drug-likeness (QED) is 0.745. The summed E-state index contributed by atoms with van der Waals surface area (Å²) >= 11 is 7.93. The van der Waals surface area contributed by atoms with Crippen LogP contribution in [0, 0.1) is 16.3 Å². The molecule has 1 N–H and O–H groups in total. The van der Waals surface area contributed by atoms with Gasteiger partial charge in [-0.15, -0.1) is 0 Å². The number of nitrogens with one attached hydrogen (secondary N) is 1. The van der Waals surface area contributed by atoms with Crippen molar-refractivity contribution < 1.29 is 9.18 Å². The Bertz CT molecular complexity index is 645. The number of hydrogen-bond acceptors (Lipinski definition) is 1. The summed E-state index contributed by atoms with van der Waals surface area (Å²) in [6, 6.07) is 9.30. The van der Waals surface area contributed by atoms with Gasteiger partial charge in [0.2, 0.25) is 0 Å². The monoisotopic (exact) mass is 389 g/mol. The highest BCUT2D eigenvalue weighted by atomic mass is 127. The number of rotatable bonds is 2. The largest absolute Gasteiger partial charge is 0.321 e. The van der Waals surface area contributed by atoms with Crippen LogP contribution in [0.25, 0.3) is 0 Å². The van der Waals surface area contributed by atoms with E-state index in [9.17, 15) is 9.18 Å². The van der Waals surface area contributed by atoms with Gasteiger partial charge in [-0.3, -0.25) is 4.79 Å². The van der Waals surface area contributed by atoms with Crippen LogP contribution in [-0.2, 0) is 0 Å². The van der Waals surface area contributed by atoms with Crippen LogP contribution in [0.2, 0.25) is 5.02 Å². The molecule has 0 aliphatic heterocycles. The SMILES string of the molecule is Cc1ccc(F)cc1C(=O)Nc1ccc(Cl)cc1I. The lowest BCUT2D eigenvalue weighted by molar-refractivity contribution is 0.102. The second-order valence-corrected chi connectivity index (χ2v) is 5.64. The van der Waals surface area contributed by atoms with Crippen molar-refractivity contribution in [2.45, 2.75) is 6.92 Å². The second-order valence-electron chi connectivity index (χ2n) is 4.04. The summed E-state index contributed by atoms with van der Waals surface area (Å²) in [5, 5.41) is 3.35. The standard InChI is InChI=1S/C14H10ClFINO/c1-8-2-4-10(16)7-11(8)14(19)18-13-5-3-9(15)6-12(13)17/h2-7H,1H3,(H,18,19). The molecule has 1 amide bonds. The molecular weight excluding hydrogens is 380 g/mol. The fourth-order valence-electron chi connectivity index (χ4n) is 1.62. The van der Waals surface area contributed by atoms with Crippen LogP contribution in [0.1, 0.15) is 15.9 Å². The van der Waals surface area contributed by atoms with E-state index in [2.05, 4.69) is 27.9 Å². The van der Waals surface area contributed by atoms with Crippen molar-refractivity contribution in [1.29, 1.82) is 0 Å². The van der Waals surface area contributed by atoms with Gasteiger partial charge in [-0.2, -0.15) is 0 Å². The van der Waals surface area contributed by atoms with Crippen molar-refractivity contribution >= 4 is 45.8 Å². The molecule has 0 spiro atoms. The van der Waals surface area contributed by atoms with Gasteiger partial charge >= 0.3 is 0 Å². The van der Waals surface area contributed by atoms with E-state index in [1.165, 1.54) is 12.1 Å². The Morgan fingerprint density at radius 2 is 2.00 bits per heavy atom. The van der Waals surface area contributed by atoms with E-state index in [0.717, 1.165) is 9.13 Å². The zero-order valence-electron chi connectivity index (χ0n) is 10.0. The highest BCUT2D eigenvalue weighted by Crippen LogP contribution is 2.23. The highest BCUT2D eigenvalue weighted by molar-refractivity contribution is 14.1. The molecular formula is C14H10ClFINO. The number of amides is 1. The first-order valence-electron chi connectivity index (χ1n) is 5.50. The molecule has 0 heterocycles. The van der Waals surface area contributed by atoms with E-state index in [-0.39, 0.29) is 5.91 Å². The molecule has 2 rings (SSSR count). The lowest BCUT2D eigenvalue weighted by Crippen LogP contribution is -2.14. The lowest BCUT2D eigenvalue weighted by Gasteiger charge is -2.09. The normalized spacial score (nSPS) is 10.3. The zero-order valence-corrected chi connectivity index (χ0v) is 12.9. The minimum atomic E-state index is -0.429. The maximum absolute atomic E-state index is 13.2. The van der Waals surface area contributed by atoms with Gasteiger partial charge in [0.1, 0.15) is 5.82 Å². The predicted molar refractivity (Wildman–Crippen MR) is 83.3 cm³/mol. The van der Waals surface area contributed by atoms with Gasteiger partial charge in [-0.05, 0) is 65.4 Å². The summed E-state index contributed by atoms with van der Waals surface area (Å²) in [4.78, 5) is 12.1. The third-order valence-electron chi connectivity index (χ3n) is 2.62. The molecule has 0 fully saturated rings. The van der Waals surface area contributed by atoms with Gasteiger partial charge in [0.25, 0.3) is 5.91 Å². The van der Waals surface area contributed by atoms with Crippen LogP contribution in [0.4, 0.5) is 10.1 Å². The van der Waals surface area contributed by atoms with Crippen LogP contribution < -0.4 is 5.32 Å². The Morgan fingerprint density at radius 1 is 1.26 bits per heavy atom. The summed E-state index contributed by atoms with van der Waals surface area (Å²) in [7, 11) is 0. The summed E-state index contributed by atoms with van der Waals surface area (Å²) in [5.74, 6) is -0.765. The lowest BCUT2D eigenvalue weighted by atomic mass is 10.1. The zero-order chi connectivity index (χ0) is 14.0. The maximum atomic E-state index is 13.2. The third-order valence-corrected chi connectivity index (χ3v) is 3.75. The number of benzene rings is 2. The molecule has 0 aliphatic carbocycles. The molecule has 19 heavy (non-hydrogen) atoms. The van der Waals surface area contributed by atoms with Crippen molar-refractivity contribution in [1.82, 2.24) is 0 Å². The average molecular weight is 390 g/mol. The number of carbonyl (C=O) groups excluding carboxylic acids is 1. The van der Waals surface area contributed by atoms with Gasteiger partial charge in [-0.1, -0.05) is 17.7 Å². The van der Waals surface area contributed by atoms with E-state index in [4.69, 9.17) is 11.6 Å². The Labute approximate surface area is 129 Å². The number of halogens is 3. The number of anilines is 1. The van der Waals surface area contributed by atoms with Crippen molar-refractivity contribution in [3.05, 3.63) is 61.9 Å². The van der Waals surface area contributed by atoms with Gasteiger partial charge in [-0.25, -0.2) is 4.39 Å². The molecule has 98 valence electrons. The summed E-state index contributed by atoms with van der Waals surface area (Å²) in [6.07, 6.45) is 0. The van der Waals surface area contributed by atoms with Crippen LogP contribution >= 0.6 is 34.2 Å². The molecule has 0 aromatic heterocycles. The molecule has 0 aliphatic rings. The molecule has 5 heteroatoms. The van der Waals surface area contributed by atoms with Crippen molar-refractivity contribution in [3.63, 3.8) is 0 Å². The van der Waals surface area contributed by atoms with Crippen LogP contribution in [0.5, 0.6) is 0 Å². The second kappa shape index (κ2) is 5.88. The van der Waals surface area contributed by atoms with Crippen molar-refractivity contribution in [2.24, 2.45) is 0 Å². The molecule has 0 saturated heterocycles. The number of aryl methyl sites for hydroxylation is 1. The summed E-state index contributed by atoms with van der Waals surface area (Å²) in [5.41, 5.74) is 1.70. The van der Waals surface area contributed by atoms with Gasteiger partial charge in [0, 0.05) is 14.2 Å². The van der Waals surface area contributed by atoms with E-state index >= 15 is 0 Å². The van der Waals surface area contributed by atoms with Gasteiger partial charge in [0.05, 0.1) is 5.69 Å². The minimum absolute atomic E-state index is 0.325. The van der Waals surface area contributed by atoms with E-state index in [0.29, 0.717) is 16.3 Å². The van der Waals surface area contributed by atoms with E-state index in [1.807, 2.05) is 0 Å². The maximum Gasteiger partial charge on any atom is 0.256 e. The first-order valence-corrected chi connectivity index (χ1v) is 6.95. The number of carbonyl (C=O) groups is 1. The highest BCUT2D eigenvalue weighted by Gasteiger charge is 2.12. The van der Waals surface area contributed by atoms with Gasteiger partial charge in [0.15, 0.2) is 0 Å². The fourth-order valence-corrected chi connectivity index (χ4v) is 2.63. The minimum Gasteiger partial charge on any atom is -0.321 e. The Kier molecular flexibility index (Phi) is 4.42. The summed E-state index contributed by atoms with van der Waals surface area (Å²) < 4.78 is 14.0. The van der Waals surface area contributed by atoms with E-state index in [1.54, 1.807) is 31.2 Å². The molecule has 2 aromatic carbocycles. The molecule has 2 nitrogen and oxygen atoms in total. The molecule has 0 unspecified atom stereocenters. The van der Waals surface area contributed by atoms with Crippen LogP contribution in [0.3, 0.4) is 0 Å². The molecule has 2 aromatic rings. The smallest absolute Gasteiger partial charge is 0.256 e. The Balaban J connectivity index is 2.28. The number of hydrogen-bond donors (Lipinski definition) is 1. The van der Waals surface area contributed by atoms with Crippen LogP contribution in [0.15, 0.2) is 36.4 Å². The van der Waals surface area contributed by atoms with Crippen molar-refractivity contribution in [2.75, 3.05) is 5.32 Å². The van der Waals surface area contributed by atoms with E-state index < -0.39 is 5.82 Å². The van der Waals surface area contributed by atoms with Crippen molar-refractivity contribution in [3.8, 4) is 0 Å². The molecule has 0 saturated carbocycles. The fraction of sp³-hybridized carbons (Fsp3) is 0.0714. The third kappa shape index (κ3) is 3.45. The van der Waals surface area contributed by atoms with Crippen LogP contribution in [-0.4, -0.2) is 5.91 Å². The predicted octanol–water partition coefficient (Wildman–Crippen LogP) is 4.64. The molecule has 0 atom stereocenters. The van der Waals surface area contributed by atoms with Gasteiger partial charge < -0.3 is 5.32 Å². The topological polar surface area (TPSA) is 29.1 Å². The average Bonchev–Trinajstić information content (AvgIpc) is 2.35. The molecule has 0 bridgehead atoms. The summed E-state index contributed by atoms with van der Waals surface area (Å²) in [6.45, 7) is 1.77. The Morgan fingerprint density at radius 3 is 2.68 bits per heavy atom. The molecule has 0 radical (unpaired) electrons.